The van der Waals surface area contributed by atoms with Gasteiger partial charge in [-0.05, 0) is 31.5 Å². The molecular weight excluding hydrogens is 385 g/mol. The molecule has 4 rings (SSSR count). The van der Waals surface area contributed by atoms with Crippen LogP contribution in [0.2, 0.25) is 0 Å². The lowest BCUT2D eigenvalue weighted by molar-refractivity contribution is 0.0534. The highest BCUT2D eigenvalue weighted by Crippen LogP contribution is 2.27. The van der Waals surface area contributed by atoms with E-state index in [0.29, 0.717) is 54.3 Å². The third-order valence-electron chi connectivity index (χ3n) is 5.40. The van der Waals surface area contributed by atoms with E-state index in [2.05, 4.69) is 5.16 Å². The number of hydrogen-bond donors (Lipinski definition) is 0. The molecule has 0 radical (unpaired) electrons. The van der Waals surface area contributed by atoms with Crippen molar-refractivity contribution in [1.82, 2.24) is 15.0 Å². The maximum Gasteiger partial charge on any atom is 0.259 e. The van der Waals surface area contributed by atoms with Crippen LogP contribution in [-0.2, 0) is 0 Å². The minimum atomic E-state index is -0.397. The molecule has 0 spiro atoms. The van der Waals surface area contributed by atoms with E-state index in [1.165, 1.54) is 6.07 Å². The van der Waals surface area contributed by atoms with E-state index >= 15 is 0 Å². The molecule has 1 aromatic heterocycles. The highest BCUT2D eigenvalue weighted by Gasteiger charge is 2.30. The second-order valence-electron chi connectivity index (χ2n) is 7.38. The van der Waals surface area contributed by atoms with Crippen molar-refractivity contribution in [3.8, 4) is 11.3 Å². The predicted molar refractivity (Wildman–Crippen MR) is 110 cm³/mol. The van der Waals surface area contributed by atoms with Gasteiger partial charge in [0.15, 0.2) is 0 Å². The Bertz CT molecular complexity index is 1090. The minimum absolute atomic E-state index is 0.166. The summed E-state index contributed by atoms with van der Waals surface area (Å²) in [6.07, 6.45) is 0. The Morgan fingerprint density at radius 3 is 2.20 bits per heavy atom. The number of amides is 2. The van der Waals surface area contributed by atoms with Crippen molar-refractivity contribution in [1.29, 1.82) is 0 Å². The Morgan fingerprint density at radius 1 is 0.933 bits per heavy atom. The van der Waals surface area contributed by atoms with Gasteiger partial charge in [-0.25, -0.2) is 4.39 Å². The van der Waals surface area contributed by atoms with Crippen molar-refractivity contribution in [2.45, 2.75) is 13.8 Å². The number of carbonyl (C=O) groups is 2. The van der Waals surface area contributed by atoms with E-state index in [-0.39, 0.29) is 11.8 Å². The molecule has 0 saturated carbocycles. The molecule has 2 heterocycles. The van der Waals surface area contributed by atoms with Crippen molar-refractivity contribution in [2.75, 3.05) is 26.2 Å². The maximum absolute atomic E-state index is 13.8. The van der Waals surface area contributed by atoms with Crippen molar-refractivity contribution in [3.05, 3.63) is 76.8 Å². The van der Waals surface area contributed by atoms with Crippen LogP contribution < -0.4 is 0 Å². The molecule has 0 aliphatic carbocycles. The van der Waals surface area contributed by atoms with E-state index < -0.39 is 5.82 Å². The van der Waals surface area contributed by atoms with Crippen LogP contribution in [0.3, 0.4) is 0 Å². The van der Waals surface area contributed by atoms with Crippen LogP contribution >= 0.6 is 0 Å². The van der Waals surface area contributed by atoms with Crippen LogP contribution in [0.5, 0.6) is 0 Å². The van der Waals surface area contributed by atoms with Crippen LogP contribution in [0.25, 0.3) is 11.3 Å². The average Bonchev–Trinajstić information content (AvgIpc) is 3.16. The lowest BCUT2D eigenvalue weighted by Crippen LogP contribution is -2.50. The lowest BCUT2D eigenvalue weighted by Gasteiger charge is -2.34. The average molecular weight is 407 g/mol. The number of halogens is 1. The number of carbonyl (C=O) groups excluding carboxylic acids is 2. The largest absolute Gasteiger partial charge is 0.360 e. The number of benzene rings is 2. The first kappa shape index (κ1) is 19.8. The molecule has 2 amide bonds. The van der Waals surface area contributed by atoms with E-state index in [0.717, 1.165) is 5.56 Å². The quantitative estimate of drug-likeness (QED) is 0.664. The molecular formula is C23H22FN3O3. The van der Waals surface area contributed by atoms with Gasteiger partial charge < -0.3 is 14.3 Å². The van der Waals surface area contributed by atoms with Crippen LogP contribution in [0.4, 0.5) is 4.39 Å². The zero-order valence-electron chi connectivity index (χ0n) is 16.9. The van der Waals surface area contributed by atoms with Crippen molar-refractivity contribution in [2.24, 2.45) is 0 Å². The van der Waals surface area contributed by atoms with E-state index in [1.54, 1.807) is 35.8 Å². The molecule has 0 bridgehead atoms. The van der Waals surface area contributed by atoms with Crippen LogP contribution in [-0.4, -0.2) is 52.9 Å². The Hall–Kier alpha value is -3.48. The van der Waals surface area contributed by atoms with Gasteiger partial charge in [-0.1, -0.05) is 41.6 Å². The van der Waals surface area contributed by atoms with Gasteiger partial charge in [0, 0.05) is 37.3 Å². The number of aryl methyl sites for hydroxylation is 2. The highest BCUT2D eigenvalue weighted by atomic mass is 19.1. The standard InChI is InChI=1S/C23H22FN3O3/c1-15-8-9-18(14-19(15)24)22(28)26-10-12-27(13-11-26)23(29)20-16(2)30-25-21(20)17-6-4-3-5-7-17/h3-9,14H,10-13H2,1-2H3. The van der Waals surface area contributed by atoms with Crippen molar-refractivity contribution >= 4 is 11.8 Å². The Balaban J connectivity index is 1.47. The second kappa shape index (κ2) is 8.10. The molecule has 0 N–H and O–H groups in total. The summed E-state index contributed by atoms with van der Waals surface area (Å²) in [4.78, 5) is 29.2. The number of rotatable bonds is 3. The van der Waals surface area contributed by atoms with Crippen molar-refractivity contribution < 1.29 is 18.5 Å². The summed E-state index contributed by atoms with van der Waals surface area (Å²) in [7, 11) is 0. The molecule has 30 heavy (non-hydrogen) atoms. The summed E-state index contributed by atoms with van der Waals surface area (Å²) in [5.74, 6) is -0.327. The minimum Gasteiger partial charge on any atom is -0.360 e. The first-order chi connectivity index (χ1) is 14.5. The van der Waals surface area contributed by atoms with Crippen LogP contribution in [0, 0.1) is 19.7 Å². The zero-order valence-corrected chi connectivity index (χ0v) is 16.9. The van der Waals surface area contributed by atoms with Gasteiger partial charge in [-0.3, -0.25) is 9.59 Å². The van der Waals surface area contributed by atoms with E-state index in [1.807, 2.05) is 30.3 Å². The fourth-order valence-electron chi connectivity index (χ4n) is 3.60. The molecule has 0 atom stereocenters. The van der Waals surface area contributed by atoms with E-state index in [4.69, 9.17) is 4.52 Å². The fourth-order valence-corrected chi connectivity index (χ4v) is 3.60. The van der Waals surface area contributed by atoms with Gasteiger partial charge in [0.2, 0.25) is 0 Å². The molecule has 154 valence electrons. The molecule has 1 fully saturated rings. The fraction of sp³-hybridized carbons (Fsp3) is 0.261. The normalized spacial score (nSPS) is 14.1. The van der Waals surface area contributed by atoms with Crippen LogP contribution in [0.15, 0.2) is 53.1 Å². The SMILES string of the molecule is Cc1ccc(C(=O)N2CCN(C(=O)c3c(-c4ccccc4)noc3C)CC2)cc1F. The van der Waals surface area contributed by atoms with Gasteiger partial charge in [0.1, 0.15) is 22.8 Å². The summed E-state index contributed by atoms with van der Waals surface area (Å²) >= 11 is 0. The first-order valence-corrected chi connectivity index (χ1v) is 9.82. The zero-order chi connectivity index (χ0) is 21.3. The van der Waals surface area contributed by atoms with Gasteiger partial charge in [0.05, 0.1) is 0 Å². The first-order valence-electron chi connectivity index (χ1n) is 9.82. The third kappa shape index (κ3) is 3.70. The molecule has 0 unspecified atom stereocenters. The highest BCUT2D eigenvalue weighted by molar-refractivity contribution is 6.01. The Kier molecular flexibility index (Phi) is 5.35. The maximum atomic E-state index is 13.8. The molecule has 1 aliphatic rings. The predicted octanol–water partition coefficient (Wildman–Crippen LogP) is 3.70. The van der Waals surface area contributed by atoms with Gasteiger partial charge in [-0.2, -0.15) is 0 Å². The number of nitrogens with zero attached hydrogens (tertiary/aromatic N) is 3. The molecule has 2 aromatic carbocycles. The summed E-state index contributed by atoms with van der Waals surface area (Å²) in [6, 6.07) is 13.9. The monoisotopic (exact) mass is 407 g/mol. The smallest absolute Gasteiger partial charge is 0.259 e. The second-order valence-corrected chi connectivity index (χ2v) is 7.38. The number of hydrogen-bond acceptors (Lipinski definition) is 4. The lowest BCUT2D eigenvalue weighted by atomic mass is 10.0. The van der Waals surface area contributed by atoms with E-state index in [9.17, 15) is 14.0 Å². The molecule has 3 aromatic rings. The Morgan fingerprint density at radius 2 is 1.57 bits per heavy atom. The summed E-state index contributed by atoms with van der Waals surface area (Å²) < 4.78 is 19.1. The summed E-state index contributed by atoms with van der Waals surface area (Å²) in [5, 5.41) is 4.08. The topological polar surface area (TPSA) is 66.7 Å². The molecule has 6 nitrogen and oxygen atoms in total. The van der Waals surface area contributed by atoms with Gasteiger partial charge in [-0.15, -0.1) is 0 Å². The van der Waals surface area contributed by atoms with Gasteiger partial charge in [0.25, 0.3) is 11.8 Å². The summed E-state index contributed by atoms with van der Waals surface area (Å²) in [5.41, 5.74) is 2.60. The summed E-state index contributed by atoms with van der Waals surface area (Å²) in [6.45, 7) is 4.91. The molecule has 1 aliphatic heterocycles. The molecule has 1 saturated heterocycles. The van der Waals surface area contributed by atoms with Crippen molar-refractivity contribution in [3.63, 3.8) is 0 Å². The molecule has 7 heteroatoms. The van der Waals surface area contributed by atoms with Gasteiger partial charge >= 0.3 is 0 Å². The third-order valence-corrected chi connectivity index (χ3v) is 5.40. The van der Waals surface area contributed by atoms with Crippen LogP contribution in [0.1, 0.15) is 32.0 Å². The number of aromatic nitrogens is 1. The Labute approximate surface area is 173 Å². The number of piperazine rings is 1.